The summed E-state index contributed by atoms with van der Waals surface area (Å²) in [6.07, 6.45) is 3.03. The van der Waals surface area contributed by atoms with E-state index in [1.54, 1.807) is 0 Å². The summed E-state index contributed by atoms with van der Waals surface area (Å²) in [5, 5.41) is 20.3. The summed E-state index contributed by atoms with van der Waals surface area (Å²) in [7, 11) is 0. The van der Waals surface area contributed by atoms with Crippen LogP contribution in [0.4, 0.5) is 0 Å². The molecule has 2 aliphatic rings. The lowest BCUT2D eigenvalue weighted by atomic mass is 9.73. The quantitative estimate of drug-likeness (QED) is 0.739. The van der Waals surface area contributed by atoms with E-state index in [1.807, 2.05) is 0 Å². The average molecular weight is 221 g/mol. The van der Waals surface area contributed by atoms with Gasteiger partial charge >= 0.3 is 0 Å². The molecule has 2 saturated carbocycles. The maximum atomic E-state index is 11.0. The van der Waals surface area contributed by atoms with Crippen LogP contribution < -0.4 is 0 Å². The summed E-state index contributed by atoms with van der Waals surface area (Å²) in [5.41, 5.74) is -0.592. The molecule has 90 valence electrons. The summed E-state index contributed by atoms with van der Waals surface area (Å²) in [6, 6.07) is 2.37. The molecule has 2 heteroatoms. The highest BCUT2D eigenvalue weighted by atomic mass is 16.3. The molecule has 0 amide bonds. The maximum absolute atomic E-state index is 11.0. The van der Waals surface area contributed by atoms with Gasteiger partial charge in [-0.2, -0.15) is 5.26 Å². The van der Waals surface area contributed by atoms with Crippen molar-refractivity contribution in [3.05, 3.63) is 0 Å². The van der Waals surface area contributed by atoms with E-state index in [4.69, 9.17) is 0 Å². The molecule has 0 aromatic heterocycles. The summed E-state index contributed by atoms with van der Waals surface area (Å²) in [5.74, 6) is 0.933. The standard InChI is InChI=1S/C14H23NO/c1-9(2)11-5-6-12-13(3,4)7-10(8-15)14(11,12)16/h9-12,16H,5-7H2,1-4H3/t10-,11?,12+,14-/m1/s1. The van der Waals surface area contributed by atoms with Crippen LogP contribution in [0.15, 0.2) is 0 Å². The smallest absolute Gasteiger partial charge is 0.0868 e. The second-order valence-corrected chi connectivity index (χ2v) is 6.74. The van der Waals surface area contributed by atoms with Crippen molar-refractivity contribution in [2.24, 2.45) is 29.1 Å². The second-order valence-electron chi connectivity index (χ2n) is 6.74. The number of nitrogens with zero attached hydrogens (tertiary/aromatic N) is 1. The predicted molar refractivity (Wildman–Crippen MR) is 63.5 cm³/mol. The molecule has 2 aliphatic carbocycles. The zero-order chi connectivity index (χ0) is 12.1. The third-order valence-electron chi connectivity index (χ3n) is 5.11. The number of aliphatic hydroxyl groups is 1. The Morgan fingerprint density at radius 3 is 2.44 bits per heavy atom. The number of hydrogen-bond acceptors (Lipinski definition) is 2. The first kappa shape index (κ1) is 11.9. The molecular weight excluding hydrogens is 198 g/mol. The van der Waals surface area contributed by atoms with E-state index in [9.17, 15) is 10.4 Å². The molecule has 2 fully saturated rings. The Hall–Kier alpha value is -0.550. The van der Waals surface area contributed by atoms with Gasteiger partial charge < -0.3 is 5.11 Å². The molecule has 0 radical (unpaired) electrons. The van der Waals surface area contributed by atoms with Gasteiger partial charge in [-0.15, -0.1) is 0 Å². The molecule has 0 aromatic rings. The Kier molecular flexibility index (Phi) is 2.58. The molecule has 0 bridgehead atoms. The Labute approximate surface area is 98.7 Å². The third kappa shape index (κ3) is 1.34. The molecular formula is C14H23NO. The second kappa shape index (κ2) is 3.47. The Morgan fingerprint density at radius 1 is 1.31 bits per heavy atom. The first-order valence-electron chi connectivity index (χ1n) is 6.46. The third-order valence-corrected chi connectivity index (χ3v) is 5.11. The number of fused-ring (bicyclic) bond motifs is 1. The van der Waals surface area contributed by atoms with Gasteiger partial charge in [0, 0.05) is 0 Å². The van der Waals surface area contributed by atoms with Crippen molar-refractivity contribution in [3.8, 4) is 6.07 Å². The minimum Gasteiger partial charge on any atom is -0.388 e. The predicted octanol–water partition coefficient (Wildman–Crippen LogP) is 2.97. The SMILES string of the molecule is CC(C)C1CC[C@H]2C(C)(C)C[C@H](C#N)[C@@]12O. The molecule has 0 heterocycles. The minimum atomic E-state index is -0.716. The van der Waals surface area contributed by atoms with Crippen molar-refractivity contribution in [1.29, 1.82) is 5.26 Å². The minimum absolute atomic E-state index is 0.124. The molecule has 0 aromatic carbocycles. The zero-order valence-electron chi connectivity index (χ0n) is 10.8. The van der Waals surface area contributed by atoms with Gasteiger partial charge in [-0.3, -0.25) is 0 Å². The van der Waals surface area contributed by atoms with Crippen molar-refractivity contribution in [2.45, 2.75) is 52.6 Å². The van der Waals surface area contributed by atoms with Gasteiger partial charge in [-0.05, 0) is 42.4 Å². The Balaban J connectivity index is 2.41. The first-order valence-corrected chi connectivity index (χ1v) is 6.46. The van der Waals surface area contributed by atoms with E-state index >= 15 is 0 Å². The van der Waals surface area contributed by atoms with Crippen LogP contribution in [-0.4, -0.2) is 10.7 Å². The molecule has 1 unspecified atom stereocenters. The van der Waals surface area contributed by atoms with Gasteiger partial charge in [0.15, 0.2) is 0 Å². The molecule has 2 rings (SSSR count). The largest absolute Gasteiger partial charge is 0.388 e. The molecule has 16 heavy (non-hydrogen) atoms. The van der Waals surface area contributed by atoms with Crippen LogP contribution in [0.1, 0.15) is 47.0 Å². The van der Waals surface area contributed by atoms with Crippen molar-refractivity contribution in [2.75, 3.05) is 0 Å². The van der Waals surface area contributed by atoms with Gasteiger partial charge in [0.25, 0.3) is 0 Å². The van der Waals surface area contributed by atoms with Gasteiger partial charge in [0.1, 0.15) is 0 Å². The van der Waals surface area contributed by atoms with Crippen LogP contribution in [0, 0.1) is 40.4 Å². The topological polar surface area (TPSA) is 44.0 Å². The molecule has 1 N–H and O–H groups in total. The summed E-state index contributed by atoms with van der Waals surface area (Å²) < 4.78 is 0. The van der Waals surface area contributed by atoms with Crippen LogP contribution in [0.5, 0.6) is 0 Å². The van der Waals surface area contributed by atoms with Gasteiger partial charge in [0.2, 0.25) is 0 Å². The number of hydrogen-bond donors (Lipinski definition) is 1. The van der Waals surface area contributed by atoms with E-state index < -0.39 is 5.60 Å². The Morgan fingerprint density at radius 2 is 1.94 bits per heavy atom. The average Bonchev–Trinajstić information content (AvgIpc) is 2.61. The highest BCUT2D eigenvalue weighted by molar-refractivity contribution is 5.18. The fraction of sp³-hybridized carbons (Fsp3) is 0.929. The summed E-state index contributed by atoms with van der Waals surface area (Å²) in [4.78, 5) is 0. The van der Waals surface area contributed by atoms with E-state index in [0.29, 0.717) is 17.8 Å². The monoisotopic (exact) mass is 221 g/mol. The number of nitriles is 1. The fourth-order valence-electron chi connectivity index (χ4n) is 4.43. The maximum Gasteiger partial charge on any atom is 0.0868 e. The van der Waals surface area contributed by atoms with Crippen LogP contribution in [0.25, 0.3) is 0 Å². The van der Waals surface area contributed by atoms with Crippen LogP contribution in [0.2, 0.25) is 0 Å². The highest BCUT2D eigenvalue weighted by Crippen LogP contribution is 2.62. The fourth-order valence-corrected chi connectivity index (χ4v) is 4.43. The molecule has 2 nitrogen and oxygen atoms in total. The van der Waals surface area contributed by atoms with Gasteiger partial charge in [-0.25, -0.2) is 0 Å². The highest BCUT2D eigenvalue weighted by Gasteiger charge is 2.64. The lowest BCUT2D eigenvalue weighted by molar-refractivity contribution is -0.0653. The van der Waals surface area contributed by atoms with Crippen molar-refractivity contribution in [1.82, 2.24) is 0 Å². The summed E-state index contributed by atoms with van der Waals surface area (Å²) in [6.45, 7) is 8.76. The lowest BCUT2D eigenvalue weighted by Gasteiger charge is -2.37. The molecule has 4 atom stereocenters. The number of rotatable bonds is 1. The van der Waals surface area contributed by atoms with Crippen molar-refractivity contribution >= 4 is 0 Å². The van der Waals surface area contributed by atoms with Crippen LogP contribution >= 0.6 is 0 Å². The molecule has 0 saturated heterocycles. The van der Waals surface area contributed by atoms with Crippen molar-refractivity contribution in [3.63, 3.8) is 0 Å². The Bertz CT molecular complexity index is 328. The molecule has 0 spiro atoms. The van der Waals surface area contributed by atoms with Crippen LogP contribution in [0.3, 0.4) is 0 Å². The van der Waals surface area contributed by atoms with Crippen LogP contribution in [-0.2, 0) is 0 Å². The normalized spacial score (nSPS) is 45.7. The summed E-state index contributed by atoms with van der Waals surface area (Å²) >= 11 is 0. The van der Waals surface area contributed by atoms with E-state index in [0.717, 1.165) is 19.3 Å². The van der Waals surface area contributed by atoms with Gasteiger partial charge in [0.05, 0.1) is 17.6 Å². The van der Waals surface area contributed by atoms with E-state index in [2.05, 4.69) is 33.8 Å². The van der Waals surface area contributed by atoms with E-state index in [1.165, 1.54) is 0 Å². The van der Waals surface area contributed by atoms with Crippen molar-refractivity contribution < 1.29 is 5.11 Å². The molecule has 0 aliphatic heterocycles. The van der Waals surface area contributed by atoms with Gasteiger partial charge in [-0.1, -0.05) is 27.7 Å². The lowest BCUT2D eigenvalue weighted by Crippen LogP contribution is -2.45. The van der Waals surface area contributed by atoms with E-state index in [-0.39, 0.29) is 11.3 Å². The first-order chi connectivity index (χ1) is 7.34. The zero-order valence-corrected chi connectivity index (χ0v) is 10.8.